The lowest BCUT2D eigenvalue weighted by Crippen LogP contribution is -2.51. The zero-order valence-electron chi connectivity index (χ0n) is 18.8. The Kier molecular flexibility index (Phi) is 7.12. The van der Waals surface area contributed by atoms with Crippen LogP contribution in [-0.4, -0.2) is 53.2 Å². The molecule has 2 N–H and O–H groups in total. The van der Waals surface area contributed by atoms with E-state index in [9.17, 15) is 19.5 Å². The van der Waals surface area contributed by atoms with Crippen molar-refractivity contribution in [2.75, 3.05) is 13.2 Å². The van der Waals surface area contributed by atoms with Gasteiger partial charge in [-0.15, -0.1) is 0 Å². The summed E-state index contributed by atoms with van der Waals surface area (Å²) < 4.78 is 5.56. The molecule has 1 aliphatic carbocycles. The van der Waals surface area contributed by atoms with Crippen LogP contribution in [0.3, 0.4) is 0 Å². The number of nitrogens with one attached hydrogen (secondary N) is 1. The van der Waals surface area contributed by atoms with E-state index >= 15 is 0 Å². The van der Waals surface area contributed by atoms with Crippen LogP contribution < -0.4 is 5.32 Å². The number of carboxylic acid groups (broad SMARTS) is 1. The maximum atomic E-state index is 13.1. The van der Waals surface area contributed by atoms with Gasteiger partial charge in [-0.05, 0) is 47.9 Å². The quantitative estimate of drug-likeness (QED) is 0.579. The Morgan fingerprint density at radius 2 is 1.76 bits per heavy atom. The van der Waals surface area contributed by atoms with Gasteiger partial charge in [-0.3, -0.25) is 4.79 Å². The van der Waals surface area contributed by atoms with Crippen molar-refractivity contribution in [1.82, 2.24) is 10.2 Å². The molecular formula is C26H27N3O5. The Morgan fingerprint density at radius 3 is 2.38 bits per heavy atom. The highest BCUT2D eigenvalue weighted by atomic mass is 16.5. The molecule has 2 aliphatic rings. The van der Waals surface area contributed by atoms with Gasteiger partial charge >= 0.3 is 12.1 Å². The standard InChI is InChI=1S/C26H27N3O5/c27-14-6-5-12-22(24(30)29-15-7-13-23(29)25(31)32)28-26(33)34-16-21-19-10-3-1-8-17(19)18-9-2-4-11-20(18)21/h1-4,8-11,21-23H,5-7,12-13,15-16H2,(H,28,33)(H,31,32)/t22?,23-/m1/s1. The van der Waals surface area contributed by atoms with E-state index in [1.165, 1.54) is 4.90 Å². The molecule has 2 aromatic rings. The molecule has 1 aliphatic heterocycles. The van der Waals surface area contributed by atoms with Crippen molar-refractivity contribution in [3.8, 4) is 17.2 Å². The maximum absolute atomic E-state index is 13.1. The maximum Gasteiger partial charge on any atom is 0.407 e. The summed E-state index contributed by atoms with van der Waals surface area (Å²) in [6, 6.07) is 16.2. The highest BCUT2D eigenvalue weighted by molar-refractivity contribution is 5.89. The molecule has 2 amide bonds. The number of amides is 2. The molecule has 0 bridgehead atoms. The second-order valence-electron chi connectivity index (χ2n) is 8.60. The minimum absolute atomic E-state index is 0.110. The first-order chi connectivity index (χ1) is 16.5. The minimum atomic E-state index is -1.05. The molecule has 34 heavy (non-hydrogen) atoms. The molecule has 8 heteroatoms. The number of hydrogen-bond donors (Lipinski definition) is 2. The lowest BCUT2D eigenvalue weighted by atomic mass is 9.98. The summed E-state index contributed by atoms with van der Waals surface area (Å²) in [5.41, 5.74) is 4.40. The van der Waals surface area contributed by atoms with Gasteiger partial charge in [-0.25, -0.2) is 9.59 Å². The molecule has 0 spiro atoms. The molecule has 176 valence electrons. The largest absolute Gasteiger partial charge is 0.480 e. The van der Waals surface area contributed by atoms with Crippen molar-refractivity contribution < 1.29 is 24.2 Å². The Hall–Kier alpha value is -3.86. The molecule has 1 heterocycles. The molecule has 1 saturated heterocycles. The second kappa shape index (κ2) is 10.4. The van der Waals surface area contributed by atoms with Gasteiger partial charge < -0.3 is 20.1 Å². The van der Waals surface area contributed by atoms with Crippen molar-refractivity contribution in [3.63, 3.8) is 0 Å². The summed E-state index contributed by atoms with van der Waals surface area (Å²) in [5, 5.41) is 20.9. The van der Waals surface area contributed by atoms with Gasteiger partial charge in [0.1, 0.15) is 18.7 Å². The lowest BCUT2D eigenvalue weighted by Gasteiger charge is -2.27. The summed E-state index contributed by atoms with van der Waals surface area (Å²) in [6.45, 7) is 0.442. The Balaban J connectivity index is 1.44. The fraction of sp³-hybridized carbons (Fsp3) is 0.385. The summed E-state index contributed by atoms with van der Waals surface area (Å²) in [7, 11) is 0. The van der Waals surface area contributed by atoms with Crippen LogP contribution in [0.25, 0.3) is 11.1 Å². The third-order valence-corrected chi connectivity index (χ3v) is 6.54. The van der Waals surface area contributed by atoms with E-state index in [2.05, 4.69) is 5.32 Å². The first-order valence-corrected chi connectivity index (χ1v) is 11.5. The van der Waals surface area contributed by atoms with E-state index in [1.54, 1.807) is 0 Å². The van der Waals surface area contributed by atoms with Gasteiger partial charge in [0, 0.05) is 18.9 Å². The average molecular weight is 462 g/mol. The van der Waals surface area contributed by atoms with Gasteiger partial charge in [-0.1, -0.05) is 48.5 Å². The monoisotopic (exact) mass is 461 g/mol. The first-order valence-electron chi connectivity index (χ1n) is 11.5. The van der Waals surface area contributed by atoms with E-state index in [0.717, 1.165) is 22.3 Å². The van der Waals surface area contributed by atoms with Crippen molar-refractivity contribution in [1.29, 1.82) is 5.26 Å². The van der Waals surface area contributed by atoms with Crippen molar-refractivity contribution >= 4 is 18.0 Å². The number of unbranched alkanes of at least 4 members (excludes halogenated alkanes) is 1. The van der Waals surface area contributed by atoms with E-state index in [4.69, 9.17) is 10.00 Å². The minimum Gasteiger partial charge on any atom is -0.480 e. The molecule has 0 radical (unpaired) electrons. The van der Waals surface area contributed by atoms with Crippen LogP contribution in [0, 0.1) is 11.3 Å². The predicted octanol–water partition coefficient (Wildman–Crippen LogP) is 3.66. The highest BCUT2D eigenvalue weighted by Crippen LogP contribution is 2.44. The molecule has 1 unspecified atom stereocenters. The fourth-order valence-corrected chi connectivity index (χ4v) is 4.91. The van der Waals surface area contributed by atoms with Crippen LogP contribution in [-0.2, 0) is 14.3 Å². The molecule has 8 nitrogen and oxygen atoms in total. The summed E-state index contributed by atoms with van der Waals surface area (Å²) in [6.07, 6.45) is 1.12. The van der Waals surface area contributed by atoms with Gasteiger partial charge in [0.25, 0.3) is 0 Å². The van der Waals surface area contributed by atoms with Crippen LogP contribution in [0.5, 0.6) is 0 Å². The third-order valence-electron chi connectivity index (χ3n) is 6.54. The summed E-state index contributed by atoms with van der Waals surface area (Å²) in [4.78, 5) is 38.6. The van der Waals surface area contributed by atoms with Crippen LogP contribution in [0.4, 0.5) is 4.79 Å². The average Bonchev–Trinajstić information content (AvgIpc) is 3.45. The number of carbonyl (C=O) groups is 3. The van der Waals surface area contributed by atoms with Crippen LogP contribution in [0.1, 0.15) is 49.1 Å². The topological polar surface area (TPSA) is 120 Å². The zero-order chi connectivity index (χ0) is 24.1. The van der Waals surface area contributed by atoms with Gasteiger partial charge in [0.15, 0.2) is 0 Å². The Labute approximate surface area is 198 Å². The molecule has 4 rings (SSSR count). The highest BCUT2D eigenvalue weighted by Gasteiger charge is 2.38. The smallest absolute Gasteiger partial charge is 0.407 e. The number of aliphatic carboxylic acids is 1. The molecule has 1 fully saturated rings. The number of carboxylic acids is 1. The van der Waals surface area contributed by atoms with Crippen LogP contribution >= 0.6 is 0 Å². The van der Waals surface area contributed by atoms with Gasteiger partial charge in [0.2, 0.25) is 5.91 Å². The Bertz CT molecular complexity index is 1080. The van der Waals surface area contributed by atoms with Crippen molar-refractivity contribution in [2.45, 2.75) is 50.1 Å². The Morgan fingerprint density at radius 1 is 1.12 bits per heavy atom. The van der Waals surface area contributed by atoms with Crippen LogP contribution in [0.15, 0.2) is 48.5 Å². The number of fused-ring (bicyclic) bond motifs is 3. The summed E-state index contributed by atoms with van der Waals surface area (Å²) in [5.74, 6) is -1.61. The number of nitrogens with zero attached hydrogens (tertiary/aromatic N) is 2. The number of hydrogen-bond acceptors (Lipinski definition) is 5. The van der Waals surface area contributed by atoms with Crippen molar-refractivity contribution in [2.24, 2.45) is 0 Å². The van der Waals surface area contributed by atoms with E-state index < -0.39 is 30.1 Å². The number of rotatable bonds is 8. The molecule has 0 saturated carbocycles. The normalized spacial score (nSPS) is 17.4. The number of nitriles is 1. The molecule has 2 atom stereocenters. The van der Waals surface area contributed by atoms with E-state index in [0.29, 0.717) is 25.8 Å². The molecular weight excluding hydrogens is 434 g/mol. The summed E-state index contributed by atoms with van der Waals surface area (Å²) >= 11 is 0. The van der Waals surface area contributed by atoms with E-state index in [-0.39, 0.29) is 25.4 Å². The SMILES string of the molecule is N#CCCCC(NC(=O)OCC1c2ccccc2-c2ccccc21)C(=O)N1CCC[C@@H]1C(=O)O. The molecule has 0 aromatic heterocycles. The zero-order valence-corrected chi connectivity index (χ0v) is 18.8. The van der Waals surface area contributed by atoms with E-state index in [1.807, 2.05) is 54.6 Å². The lowest BCUT2D eigenvalue weighted by molar-refractivity contribution is -0.149. The van der Waals surface area contributed by atoms with Crippen LogP contribution in [0.2, 0.25) is 0 Å². The number of alkyl carbamates (subject to hydrolysis) is 1. The van der Waals surface area contributed by atoms with Gasteiger partial charge in [0.05, 0.1) is 6.07 Å². The molecule has 2 aromatic carbocycles. The predicted molar refractivity (Wildman–Crippen MR) is 124 cm³/mol. The number of ether oxygens (including phenoxy) is 1. The first kappa shape index (κ1) is 23.3. The number of benzene rings is 2. The van der Waals surface area contributed by atoms with Crippen molar-refractivity contribution in [3.05, 3.63) is 59.7 Å². The van der Waals surface area contributed by atoms with Gasteiger partial charge in [-0.2, -0.15) is 5.26 Å². The number of likely N-dealkylation sites (tertiary alicyclic amines) is 1. The third kappa shape index (κ3) is 4.74. The number of carbonyl (C=O) groups excluding carboxylic acids is 2. The fourth-order valence-electron chi connectivity index (χ4n) is 4.91. The second-order valence-corrected chi connectivity index (χ2v) is 8.60.